The van der Waals surface area contributed by atoms with Crippen LogP contribution in [-0.2, 0) is 4.79 Å². The second-order valence-electron chi connectivity index (χ2n) is 3.72. The second kappa shape index (κ2) is 5.96. The van der Waals surface area contributed by atoms with Gasteiger partial charge in [-0.1, -0.05) is 11.3 Å². The Bertz CT molecular complexity index is 733. The smallest absolute Gasteiger partial charge is 0.328 e. The minimum atomic E-state index is -1.09. The number of carbonyl (C=O) groups is 2. The number of anilines is 1. The molecule has 0 aliphatic heterocycles. The van der Waals surface area contributed by atoms with Crippen LogP contribution in [-0.4, -0.2) is 31.9 Å². The van der Waals surface area contributed by atoms with Gasteiger partial charge in [-0.3, -0.25) is 20.2 Å². The number of aliphatic carboxylic acids is 1. The van der Waals surface area contributed by atoms with Crippen LogP contribution in [0, 0.1) is 10.1 Å². The number of nitro groups is 1. The minimum absolute atomic E-state index is 0.0273. The molecule has 0 aliphatic rings. The van der Waals surface area contributed by atoms with Gasteiger partial charge >= 0.3 is 5.97 Å². The van der Waals surface area contributed by atoms with E-state index in [1.165, 1.54) is 12.3 Å². The lowest BCUT2D eigenvalue weighted by Gasteiger charge is -1.97. The highest BCUT2D eigenvalue weighted by Crippen LogP contribution is 2.20. The molecule has 0 unspecified atom stereocenters. The first-order valence-corrected chi connectivity index (χ1v) is 6.28. The molecule has 3 N–H and O–H groups in total. The third kappa shape index (κ3) is 3.73. The lowest BCUT2D eigenvalue weighted by Crippen LogP contribution is -2.11. The Balaban J connectivity index is 2.05. The van der Waals surface area contributed by atoms with Gasteiger partial charge in [0.05, 0.1) is 11.1 Å². The van der Waals surface area contributed by atoms with Crippen LogP contribution in [0.25, 0.3) is 6.08 Å². The van der Waals surface area contributed by atoms with Crippen LogP contribution in [0.1, 0.15) is 15.4 Å². The molecule has 0 saturated carbocycles. The summed E-state index contributed by atoms with van der Waals surface area (Å²) in [7, 11) is 0. The highest BCUT2D eigenvalue weighted by molar-refractivity contribution is 7.16. The Kier molecular flexibility index (Phi) is 4.09. The van der Waals surface area contributed by atoms with Gasteiger partial charge < -0.3 is 10.1 Å². The Morgan fingerprint density at radius 2 is 2.29 bits per heavy atom. The molecule has 0 saturated heterocycles. The van der Waals surface area contributed by atoms with Crippen LogP contribution >= 0.6 is 11.3 Å². The summed E-state index contributed by atoms with van der Waals surface area (Å²) in [5, 5.41) is 21.7. The molecule has 1 amide bonds. The van der Waals surface area contributed by atoms with Crippen molar-refractivity contribution in [2.24, 2.45) is 0 Å². The molecule has 0 aliphatic carbocycles. The zero-order valence-corrected chi connectivity index (χ0v) is 11.1. The molecular formula is C11H8N4O5S. The van der Waals surface area contributed by atoms with E-state index in [0.29, 0.717) is 4.88 Å². The van der Waals surface area contributed by atoms with Crippen LogP contribution in [0.5, 0.6) is 0 Å². The molecule has 0 atom stereocenters. The van der Waals surface area contributed by atoms with Gasteiger partial charge in [0.15, 0.2) is 5.13 Å². The summed E-state index contributed by atoms with van der Waals surface area (Å²) in [6.07, 6.45) is 4.80. The van der Waals surface area contributed by atoms with Gasteiger partial charge in [0, 0.05) is 23.2 Å². The number of hydrogen-bond acceptors (Lipinski definition) is 6. The molecule has 0 radical (unpaired) electrons. The topological polar surface area (TPSA) is 138 Å². The fraction of sp³-hybridized carbons (Fsp3) is 0. The number of aromatic nitrogens is 2. The van der Waals surface area contributed by atoms with Crippen LogP contribution in [0.15, 0.2) is 24.5 Å². The van der Waals surface area contributed by atoms with E-state index in [9.17, 15) is 19.7 Å². The van der Waals surface area contributed by atoms with Crippen molar-refractivity contribution >= 4 is 40.1 Å². The number of amides is 1. The first-order valence-electron chi connectivity index (χ1n) is 5.46. The van der Waals surface area contributed by atoms with Crippen molar-refractivity contribution in [1.82, 2.24) is 9.97 Å². The lowest BCUT2D eigenvalue weighted by atomic mass is 10.4. The number of carbonyl (C=O) groups excluding carboxylic acids is 1. The summed E-state index contributed by atoms with van der Waals surface area (Å²) < 4.78 is 0. The average molecular weight is 308 g/mol. The fourth-order valence-electron chi connectivity index (χ4n) is 1.36. The average Bonchev–Trinajstić information content (AvgIpc) is 3.05. The highest BCUT2D eigenvalue weighted by Gasteiger charge is 2.15. The standard InChI is InChI=1S/C11H8N4O5S/c16-9(17)2-1-7-5-13-11(21-7)14-10(18)8-3-6(4-12-8)15(19)20/h1-5,12H,(H,16,17)(H,13,14,18). The highest BCUT2D eigenvalue weighted by atomic mass is 32.1. The molecule has 0 bridgehead atoms. The monoisotopic (exact) mass is 308 g/mol. The normalized spacial score (nSPS) is 10.7. The quantitative estimate of drug-likeness (QED) is 0.437. The SMILES string of the molecule is O=C(O)C=Cc1cnc(NC(=O)c2cc([N+](=O)[O-])c[nH]2)s1. The van der Waals surface area contributed by atoms with Crippen molar-refractivity contribution in [3.8, 4) is 0 Å². The van der Waals surface area contributed by atoms with Crippen LogP contribution in [0.3, 0.4) is 0 Å². The number of H-pyrrole nitrogens is 1. The predicted octanol–water partition coefficient (Wildman–Crippen LogP) is 1.73. The van der Waals surface area contributed by atoms with E-state index in [2.05, 4.69) is 15.3 Å². The van der Waals surface area contributed by atoms with Crippen molar-refractivity contribution in [3.05, 3.63) is 45.2 Å². The molecule has 9 nitrogen and oxygen atoms in total. The van der Waals surface area contributed by atoms with Crippen molar-refractivity contribution in [1.29, 1.82) is 0 Å². The van der Waals surface area contributed by atoms with Crippen LogP contribution < -0.4 is 5.32 Å². The molecule has 10 heteroatoms. The van der Waals surface area contributed by atoms with Gasteiger partial charge in [-0.15, -0.1) is 0 Å². The molecule has 2 heterocycles. The molecule has 0 aromatic carbocycles. The zero-order valence-electron chi connectivity index (χ0n) is 10.3. The fourth-order valence-corrected chi connectivity index (χ4v) is 2.07. The van der Waals surface area contributed by atoms with E-state index in [-0.39, 0.29) is 16.5 Å². The number of rotatable bonds is 5. The van der Waals surface area contributed by atoms with Crippen LogP contribution in [0.4, 0.5) is 10.8 Å². The number of nitrogens with one attached hydrogen (secondary N) is 2. The summed E-state index contributed by atoms with van der Waals surface area (Å²) >= 11 is 1.07. The number of hydrogen-bond donors (Lipinski definition) is 3. The maximum absolute atomic E-state index is 11.8. The summed E-state index contributed by atoms with van der Waals surface area (Å²) in [6.45, 7) is 0. The van der Waals surface area contributed by atoms with Gasteiger partial charge in [0.1, 0.15) is 5.69 Å². The van der Waals surface area contributed by atoms with E-state index in [1.54, 1.807) is 0 Å². The van der Waals surface area contributed by atoms with Gasteiger partial charge in [-0.2, -0.15) is 0 Å². The predicted molar refractivity (Wildman–Crippen MR) is 74.2 cm³/mol. The molecule has 2 aromatic heterocycles. The molecule has 0 fully saturated rings. The molecular weight excluding hydrogens is 300 g/mol. The van der Waals surface area contributed by atoms with E-state index < -0.39 is 16.8 Å². The maximum Gasteiger partial charge on any atom is 0.328 e. The first-order chi connectivity index (χ1) is 9.95. The Hall–Kier alpha value is -3.01. The number of carboxylic acids is 1. The summed E-state index contributed by atoms with van der Waals surface area (Å²) in [6, 6.07) is 1.11. The van der Waals surface area contributed by atoms with Crippen molar-refractivity contribution in [2.75, 3.05) is 5.32 Å². The molecule has 21 heavy (non-hydrogen) atoms. The van der Waals surface area contributed by atoms with E-state index >= 15 is 0 Å². The van der Waals surface area contributed by atoms with Gasteiger partial charge in [0.2, 0.25) is 0 Å². The maximum atomic E-state index is 11.8. The summed E-state index contributed by atoms with van der Waals surface area (Å²) in [5.74, 6) is -1.67. The van der Waals surface area contributed by atoms with E-state index in [1.807, 2.05) is 0 Å². The minimum Gasteiger partial charge on any atom is -0.478 e. The molecule has 2 rings (SSSR count). The van der Waals surface area contributed by atoms with Crippen molar-refractivity contribution in [2.45, 2.75) is 0 Å². The van der Waals surface area contributed by atoms with Gasteiger partial charge in [0.25, 0.3) is 11.6 Å². The number of thiazole rings is 1. The number of carboxylic acid groups (broad SMARTS) is 1. The Morgan fingerprint density at radius 3 is 2.90 bits per heavy atom. The van der Waals surface area contributed by atoms with Crippen molar-refractivity contribution < 1.29 is 19.6 Å². The summed E-state index contributed by atoms with van der Waals surface area (Å²) in [4.78, 5) is 39.0. The largest absolute Gasteiger partial charge is 0.478 e. The molecule has 0 spiro atoms. The van der Waals surface area contributed by atoms with Gasteiger partial charge in [-0.25, -0.2) is 9.78 Å². The Labute approximate surface area is 121 Å². The molecule has 2 aromatic rings. The number of nitrogens with zero attached hydrogens (tertiary/aromatic N) is 2. The van der Waals surface area contributed by atoms with E-state index in [0.717, 1.165) is 29.7 Å². The Morgan fingerprint density at radius 1 is 1.52 bits per heavy atom. The zero-order chi connectivity index (χ0) is 15.4. The van der Waals surface area contributed by atoms with Crippen LogP contribution in [0.2, 0.25) is 0 Å². The second-order valence-corrected chi connectivity index (χ2v) is 4.78. The molecule has 108 valence electrons. The lowest BCUT2D eigenvalue weighted by molar-refractivity contribution is -0.384. The van der Waals surface area contributed by atoms with E-state index in [4.69, 9.17) is 5.11 Å². The first kappa shape index (κ1) is 14.4. The summed E-state index contributed by atoms with van der Waals surface area (Å²) in [5.41, 5.74) is -0.191. The third-order valence-electron chi connectivity index (χ3n) is 2.26. The van der Waals surface area contributed by atoms with Crippen molar-refractivity contribution in [3.63, 3.8) is 0 Å². The van der Waals surface area contributed by atoms with Gasteiger partial charge in [-0.05, 0) is 6.08 Å². The number of aromatic amines is 1. The third-order valence-corrected chi connectivity index (χ3v) is 3.14.